The van der Waals surface area contributed by atoms with Crippen LogP contribution in [0.25, 0.3) is 0 Å². The van der Waals surface area contributed by atoms with Gasteiger partial charge in [0.05, 0.1) is 5.01 Å². The Kier molecular flexibility index (Phi) is 4.44. The lowest BCUT2D eigenvalue weighted by Gasteiger charge is -2.38. The Bertz CT molecular complexity index is 345. The summed E-state index contributed by atoms with van der Waals surface area (Å²) in [6.07, 6.45) is 8.13. The van der Waals surface area contributed by atoms with Crippen LogP contribution < -0.4 is 5.73 Å². The second-order valence-corrected chi connectivity index (χ2v) is 7.75. The molecule has 0 amide bonds. The summed E-state index contributed by atoms with van der Waals surface area (Å²) in [4.78, 5) is 4.34. The third-order valence-corrected chi connectivity index (χ3v) is 5.30. The fraction of sp³-hybridized carbons (Fsp3) is 0.800. The molecule has 1 unspecified atom stereocenters. The Balaban J connectivity index is 1.82. The van der Waals surface area contributed by atoms with Crippen LogP contribution in [0.5, 0.6) is 0 Å². The molecule has 1 atom stereocenters. The molecular formula is C15H26N2S. The summed E-state index contributed by atoms with van der Waals surface area (Å²) in [5.74, 6) is 1.58. The molecule has 18 heavy (non-hydrogen) atoms. The molecule has 0 aliphatic heterocycles. The smallest absolute Gasteiger partial charge is 0.0940 e. The molecule has 0 radical (unpaired) electrons. The van der Waals surface area contributed by atoms with E-state index in [0.29, 0.717) is 17.4 Å². The Hall–Kier alpha value is -0.410. The number of rotatable bonds is 3. The zero-order chi connectivity index (χ0) is 13.2. The lowest BCUT2D eigenvalue weighted by atomic mass is 9.68. The number of nitrogens with zero attached hydrogens (tertiary/aromatic N) is 1. The Morgan fingerprint density at radius 1 is 1.33 bits per heavy atom. The van der Waals surface area contributed by atoms with Crippen molar-refractivity contribution in [1.82, 2.24) is 4.98 Å². The molecule has 2 rings (SSSR count). The minimum atomic E-state index is 0.303. The summed E-state index contributed by atoms with van der Waals surface area (Å²) in [6, 6.07) is 0.303. The lowest BCUT2D eigenvalue weighted by molar-refractivity contribution is 0.139. The van der Waals surface area contributed by atoms with Crippen LogP contribution in [0.15, 0.2) is 11.6 Å². The number of nitrogens with two attached hydrogens (primary N) is 1. The Morgan fingerprint density at radius 3 is 2.50 bits per heavy atom. The highest BCUT2D eigenvalue weighted by molar-refractivity contribution is 7.09. The predicted octanol–water partition coefficient (Wildman–Crippen LogP) is 3.87. The van der Waals surface area contributed by atoms with Gasteiger partial charge in [-0.15, -0.1) is 11.3 Å². The van der Waals surface area contributed by atoms with Gasteiger partial charge in [-0.3, -0.25) is 0 Å². The zero-order valence-electron chi connectivity index (χ0n) is 11.9. The monoisotopic (exact) mass is 266 g/mol. The predicted molar refractivity (Wildman–Crippen MR) is 78.7 cm³/mol. The molecule has 3 heteroatoms. The fourth-order valence-electron chi connectivity index (χ4n) is 3.14. The van der Waals surface area contributed by atoms with Gasteiger partial charge >= 0.3 is 0 Å². The van der Waals surface area contributed by atoms with Crippen molar-refractivity contribution < 1.29 is 0 Å². The van der Waals surface area contributed by atoms with Crippen molar-refractivity contribution in [3.63, 3.8) is 0 Å². The van der Waals surface area contributed by atoms with Crippen LogP contribution in [0.2, 0.25) is 0 Å². The van der Waals surface area contributed by atoms with Crippen molar-refractivity contribution in [3.05, 3.63) is 16.6 Å². The molecule has 102 valence electrons. The summed E-state index contributed by atoms with van der Waals surface area (Å²) >= 11 is 1.73. The molecule has 1 fully saturated rings. The SMILES string of the molecule is CC(C)(C)C1CCC(C(N)Cc2nccs2)CC1. The largest absolute Gasteiger partial charge is 0.327 e. The van der Waals surface area contributed by atoms with Crippen molar-refractivity contribution in [2.45, 2.75) is 58.9 Å². The summed E-state index contributed by atoms with van der Waals surface area (Å²) < 4.78 is 0. The number of hydrogen-bond acceptors (Lipinski definition) is 3. The molecule has 0 saturated heterocycles. The van der Waals surface area contributed by atoms with Crippen molar-refractivity contribution in [3.8, 4) is 0 Å². The van der Waals surface area contributed by atoms with Gasteiger partial charge in [-0.1, -0.05) is 20.8 Å². The molecule has 2 N–H and O–H groups in total. The van der Waals surface area contributed by atoms with Crippen LogP contribution in [0, 0.1) is 17.3 Å². The van der Waals surface area contributed by atoms with Crippen LogP contribution in [0.1, 0.15) is 51.5 Å². The van der Waals surface area contributed by atoms with E-state index in [1.54, 1.807) is 11.3 Å². The first-order valence-corrected chi connectivity index (χ1v) is 7.98. The molecule has 0 spiro atoms. The molecule has 1 aliphatic carbocycles. The van der Waals surface area contributed by atoms with E-state index < -0.39 is 0 Å². The number of aromatic nitrogens is 1. The molecule has 1 saturated carbocycles. The van der Waals surface area contributed by atoms with Gasteiger partial charge in [0.15, 0.2) is 0 Å². The van der Waals surface area contributed by atoms with Gasteiger partial charge in [-0.25, -0.2) is 4.98 Å². The molecule has 1 heterocycles. The van der Waals surface area contributed by atoms with E-state index in [0.717, 1.165) is 12.3 Å². The van der Waals surface area contributed by atoms with Crippen LogP contribution in [0.4, 0.5) is 0 Å². The van der Waals surface area contributed by atoms with Gasteiger partial charge < -0.3 is 5.73 Å². The Morgan fingerprint density at radius 2 is 2.00 bits per heavy atom. The topological polar surface area (TPSA) is 38.9 Å². The maximum absolute atomic E-state index is 6.36. The summed E-state index contributed by atoms with van der Waals surface area (Å²) in [6.45, 7) is 7.11. The van der Waals surface area contributed by atoms with Crippen molar-refractivity contribution >= 4 is 11.3 Å². The molecule has 1 aromatic heterocycles. The third-order valence-electron chi connectivity index (χ3n) is 4.50. The second kappa shape index (κ2) is 5.70. The fourth-order valence-corrected chi connectivity index (χ4v) is 3.82. The van der Waals surface area contributed by atoms with E-state index in [1.807, 2.05) is 11.6 Å². The van der Waals surface area contributed by atoms with Crippen LogP contribution >= 0.6 is 11.3 Å². The minimum absolute atomic E-state index is 0.303. The van der Waals surface area contributed by atoms with Gasteiger partial charge in [-0.2, -0.15) is 0 Å². The first-order valence-electron chi connectivity index (χ1n) is 7.11. The quantitative estimate of drug-likeness (QED) is 0.902. The van der Waals surface area contributed by atoms with Gasteiger partial charge in [0, 0.05) is 24.0 Å². The standard InChI is InChI=1S/C15H26N2S/c1-15(2,3)12-6-4-11(5-7-12)13(16)10-14-17-8-9-18-14/h8-9,11-13H,4-7,10,16H2,1-3H3. The van der Waals surface area contributed by atoms with Crippen molar-refractivity contribution in [2.24, 2.45) is 23.0 Å². The molecule has 0 aromatic carbocycles. The summed E-state index contributed by atoms with van der Waals surface area (Å²) in [5, 5.41) is 3.24. The Labute approximate surface area is 115 Å². The maximum atomic E-state index is 6.36. The van der Waals surface area contributed by atoms with E-state index in [2.05, 4.69) is 25.8 Å². The van der Waals surface area contributed by atoms with Gasteiger partial charge in [0.25, 0.3) is 0 Å². The molecule has 2 nitrogen and oxygen atoms in total. The first-order chi connectivity index (χ1) is 8.47. The van der Waals surface area contributed by atoms with Crippen molar-refractivity contribution in [2.75, 3.05) is 0 Å². The maximum Gasteiger partial charge on any atom is 0.0940 e. The first kappa shape index (κ1) is 14.0. The van der Waals surface area contributed by atoms with Crippen LogP contribution in [-0.4, -0.2) is 11.0 Å². The van der Waals surface area contributed by atoms with E-state index in [1.165, 1.54) is 30.7 Å². The average molecular weight is 266 g/mol. The van der Waals surface area contributed by atoms with E-state index >= 15 is 0 Å². The van der Waals surface area contributed by atoms with Crippen molar-refractivity contribution in [1.29, 1.82) is 0 Å². The minimum Gasteiger partial charge on any atom is -0.327 e. The molecule has 0 bridgehead atoms. The van der Waals surface area contributed by atoms with Gasteiger partial charge in [0.2, 0.25) is 0 Å². The van der Waals surface area contributed by atoms with E-state index in [9.17, 15) is 0 Å². The van der Waals surface area contributed by atoms with E-state index in [4.69, 9.17) is 5.73 Å². The van der Waals surface area contributed by atoms with Gasteiger partial charge in [0.1, 0.15) is 0 Å². The molecule has 1 aromatic rings. The van der Waals surface area contributed by atoms with Crippen LogP contribution in [0.3, 0.4) is 0 Å². The van der Waals surface area contributed by atoms with E-state index in [-0.39, 0.29) is 0 Å². The summed E-state index contributed by atoms with van der Waals surface area (Å²) in [5.41, 5.74) is 6.82. The highest BCUT2D eigenvalue weighted by Crippen LogP contribution is 2.40. The highest BCUT2D eigenvalue weighted by Gasteiger charge is 2.31. The third kappa shape index (κ3) is 3.55. The normalized spacial score (nSPS) is 27.1. The second-order valence-electron chi connectivity index (χ2n) is 6.77. The number of thiazole rings is 1. The molecular weight excluding hydrogens is 240 g/mol. The highest BCUT2D eigenvalue weighted by atomic mass is 32.1. The zero-order valence-corrected chi connectivity index (χ0v) is 12.7. The number of hydrogen-bond donors (Lipinski definition) is 1. The van der Waals surface area contributed by atoms with Crippen LogP contribution in [-0.2, 0) is 6.42 Å². The lowest BCUT2D eigenvalue weighted by Crippen LogP contribution is -2.36. The average Bonchev–Trinajstić information content (AvgIpc) is 2.81. The van der Waals surface area contributed by atoms with Gasteiger partial charge in [-0.05, 0) is 42.9 Å². The molecule has 1 aliphatic rings. The summed E-state index contributed by atoms with van der Waals surface area (Å²) in [7, 11) is 0.